The highest BCUT2D eigenvalue weighted by atomic mass is 35.5. The first-order valence-electron chi connectivity index (χ1n) is 5.45. The third-order valence-electron chi connectivity index (χ3n) is 2.80. The summed E-state index contributed by atoms with van der Waals surface area (Å²) in [6.07, 6.45) is 2.39. The number of hydrogen-bond donors (Lipinski definition) is 1. The molecule has 0 saturated heterocycles. The van der Waals surface area contributed by atoms with Crippen LogP contribution in [0.2, 0.25) is 0 Å². The van der Waals surface area contributed by atoms with Crippen LogP contribution >= 0.6 is 11.6 Å². The van der Waals surface area contributed by atoms with E-state index in [4.69, 9.17) is 11.6 Å². The Bertz CT molecular complexity index is 366. The highest BCUT2D eigenvalue weighted by Crippen LogP contribution is 2.35. The van der Waals surface area contributed by atoms with Crippen molar-refractivity contribution in [3.05, 3.63) is 35.4 Å². The van der Waals surface area contributed by atoms with Crippen LogP contribution in [0.15, 0.2) is 18.2 Å². The molecule has 1 aliphatic rings. The first-order valence-corrected chi connectivity index (χ1v) is 5.89. The molecule has 0 heterocycles. The Hall–Kier alpha value is -0.670. The normalized spacial score (nSPS) is 17.4. The Balaban J connectivity index is 1.80. The van der Waals surface area contributed by atoms with E-state index in [2.05, 4.69) is 5.32 Å². The number of alkyl halides is 1. The third kappa shape index (κ3) is 3.16. The van der Waals surface area contributed by atoms with Crippen molar-refractivity contribution in [1.29, 1.82) is 0 Å². The van der Waals surface area contributed by atoms with Gasteiger partial charge in [-0.25, -0.2) is 8.78 Å². The molecule has 88 valence electrons. The van der Waals surface area contributed by atoms with Crippen molar-refractivity contribution in [2.45, 2.75) is 24.8 Å². The zero-order chi connectivity index (χ0) is 11.5. The molecule has 0 aliphatic heterocycles. The van der Waals surface area contributed by atoms with Gasteiger partial charge in [0.15, 0.2) is 0 Å². The highest BCUT2D eigenvalue weighted by molar-refractivity contribution is 6.21. The van der Waals surface area contributed by atoms with Gasteiger partial charge in [-0.05, 0) is 24.8 Å². The Labute approximate surface area is 98.8 Å². The van der Waals surface area contributed by atoms with Crippen LogP contribution in [-0.4, -0.2) is 11.9 Å². The molecule has 0 bridgehead atoms. The van der Waals surface area contributed by atoms with Crippen LogP contribution in [0.3, 0.4) is 0 Å². The second-order valence-corrected chi connectivity index (χ2v) is 4.78. The van der Waals surface area contributed by atoms with E-state index < -0.39 is 11.6 Å². The molecule has 1 saturated carbocycles. The topological polar surface area (TPSA) is 12.0 Å². The smallest absolute Gasteiger partial charge is 0.130 e. The van der Waals surface area contributed by atoms with E-state index in [0.717, 1.165) is 6.07 Å². The van der Waals surface area contributed by atoms with Crippen LogP contribution in [0, 0.1) is 17.6 Å². The van der Waals surface area contributed by atoms with Crippen LogP contribution in [0.25, 0.3) is 0 Å². The maximum Gasteiger partial charge on any atom is 0.130 e. The number of halogens is 3. The monoisotopic (exact) mass is 245 g/mol. The second-order valence-electron chi connectivity index (χ2n) is 4.22. The van der Waals surface area contributed by atoms with Gasteiger partial charge in [0.2, 0.25) is 0 Å². The fraction of sp³-hybridized carbons (Fsp3) is 0.500. The molecule has 1 atom stereocenters. The number of hydrogen-bond acceptors (Lipinski definition) is 1. The van der Waals surface area contributed by atoms with E-state index in [1.807, 2.05) is 0 Å². The summed E-state index contributed by atoms with van der Waals surface area (Å²) in [5.41, 5.74) is 0.473. The van der Waals surface area contributed by atoms with Gasteiger partial charge in [0.05, 0.1) is 0 Å². The summed E-state index contributed by atoms with van der Waals surface area (Å²) in [7, 11) is 0. The average molecular weight is 246 g/mol. The van der Waals surface area contributed by atoms with Crippen molar-refractivity contribution in [1.82, 2.24) is 5.32 Å². The quantitative estimate of drug-likeness (QED) is 0.787. The first-order chi connectivity index (χ1) is 7.66. The van der Waals surface area contributed by atoms with E-state index in [1.54, 1.807) is 0 Å². The molecule has 0 spiro atoms. The molecule has 0 radical (unpaired) electrons. The van der Waals surface area contributed by atoms with E-state index in [9.17, 15) is 8.78 Å². The van der Waals surface area contributed by atoms with Gasteiger partial charge in [-0.15, -0.1) is 11.6 Å². The summed E-state index contributed by atoms with van der Waals surface area (Å²) in [4.78, 5) is 0. The van der Waals surface area contributed by atoms with Crippen molar-refractivity contribution in [3.8, 4) is 0 Å². The SMILES string of the molecule is Fc1ccc(CNCC(Cl)C2CC2)c(F)c1. The second kappa shape index (κ2) is 5.11. The van der Waals surface area contributed by atoms with Crippen LogP contribution in [0.5, 0.6) is 0 Å². The molecule has 16 heavy (non-hydrogen) atoms. The Morgan fingerprint density at radius 1 is 1.38 bits per heavy atom. The maximum atomic E-state index is 13.2. The molecule has 1 nitrogen and oxygen atoms in total. The molecule has 1 aromatic rings. The van der Waals surface area contributed by atoms with Gasteiger partial charge in [0.1, 0.15) is 11.6 Å². The standard InChI is InChI=1S/C12H14ClF2N/c13-11(8-1-2-8)7-16-6-9-3-4-10(14)5-12(9)15/h3-5,8,11,16H,1-2,6-7H2. The van der Waals surface area contributed by atoms with Gasteiger partial charge in [0.25, 0.3) is 0 Å². The minimum Gasteiger partial charge on any atom is -0.311 e. The third-order valence-corrected chi connectivity index (χ3v) is 3.31. The molecule has 1 aromatic carbocycles. The Morgan fingerprint density at radius 3 is 2.75 bits per heavy atom. The Kier molecular flexibility index (Phi) is 3.77. The highest BCUT2D eigenvalue weighted by Gasteiger charge is 2.29. The molecule has 1 N–H and O–H groups in total. The van der Waals surface area contributed by atoms with Crippen molar-refractivity contribution in [3.63, 3.8) is 0 Å². The van der Waals surface area contributed by atoms with E-state index in [1.165, 1.54) is 25.0 Å². The lowest BCUT2D eigenvalue weighted by molar-refractivity contribution is 0.554. The van der Waals surface area contributed by atoms with Crippen molar-refractivity contribution >= 4 is 11.6 Å². The summed E-state index contributed by atoms with van der Waals surface area (Å²) in [6, 6.07) is 3.62. The zero-order valence-electron chi connectivity index (χ0n) is 8.85. The zero-order valence-corrected chi connectivity index (χ0v) is 9.61. The van der Waals surface area contributed by atoms with Gasteiger partial charge < -0.3 is 5.32 Å². The molecular formula is C12H14ClF2N. The molecule has 1 aliphatic carbocycles. The summed E-state index contributed by atoms with van der Waals surface area (Å²) < 4.78 is 25.9. The fourth-order valence-electron chi connectivity index (χ4n) is 1.63. The van der Waals surface area contributed by atoms with Gasteiger partial charge in [-0.3, -0.25) is 0 Å². The average Bonchev–Trinajstić information content (AvgIpc) is 3.04. The lowest BCUT2D eigenvalue weighted by atomic mass is 10.2. The summed E-state index contributed by atoms with van der Waals surface area (Å²) in [5, 5.41) is 3.22. The summed E-state index contributed by atoms with van der Waals surface area (Å²) in [6.45, 7) is 1.06. The molecule has 2 rings (SSSR count). The van der Waals surface area contributed by atoms with E-state index in [0.29, 0.717) is 24.6 Å². The van der Waals surface area contributed by atoms with E-state index >= 15 is 0 Å². The van der Waals surface area contributed by atoms with Gasteiger partial charge in [0, 0.05) is 30.1 Å². The Morgan fingerprint density at radius 2 is 2.12 bits per heavy atom. The fourth-order valence-corrected chi connectivity index (χ4v) is 2.00. The predicted molar refractivity (Wildman–Crippen MR) is 60.4 cm³/mol. The molecule has 1 fully saturated rings. The lowest BCUT2D eigenvalue weighted by Crippen LogP contribution is -2.24. The summed E-state index contributed by atoms with van der Waals surface area (Å²) >= 11 is 6.09. The number of benzene rings is 1. The van der Waals surface area contributed by atoms with Gasteiger partial charge >= 0.3 is 0 Å². The van der Waals surface area contributed by atoms with Crippen LogP contribution in [0.4, 0.5) is 8.78 Å². The van der Waals surface area contributed by atoms with Crippen molar-refractivity contribution in [2.75, 3.05) is 6.54 Å². The van der Waals surface area contributed by atoms with Crippen LogP contribution < -0.4 is 5.32 Å². The number of nitrogens with one attached hydrogen (secondary N) is 1. The molecular weight excluding hydrogens is 232 g/mol. The molecule has 1 unspecified atom stereocenters. The minimum absolute atomic E-state index is 0.128. The van der Waals surface area contributed by atoms with E-state index in [-0.39, 0.29) is 5.38 Å². The van der Waals surface area contributed by atoms with Gasteiger partial charge in [-0.1, -0.05) is 6.07 Å². The lowest BCUT2D eigenvalue weighted by Gasteiger charge is -2.10. The molecule has 4 heteroatoms. The van der Waals surface area contributed by atoms with Crippen LogP contribution in [-0.2, 0) is 6.54 Å². The molecule has 0 amide bonds. The van der Waals surface area contributed by atoms with Crippen LogP contribution in [0.1, 0.15) is 18.4 Å². The summed E-state index contributed by atoms with van der Waals surface area (Å²) in [5.74, 6) is -0.438. The minimum atomic E-state index is -0.547. The predicted octanol–water partition coefficient (Wildman–Crippen LogP) is 3.07. The maximum absolute atomic E-state index is 13.2. The number of rotatable bonds is 5. The van der Waals surface area contributed by atoms with Crippen molar-refractivity contribution in [2.24, 2.45) is 5.92 Å². The first kappa shape index (κ1) is 11.8. The van der Waals surface area contributed by atoms with Gasteiger partial charge in [-0.2, -0.15) is 0 Å². The molecule has 0 aromatic heterocycles. The van der Waals surface area contributed by atoms with Crippen molar-refractivity contribution < 1.29 is 8.78 Å². The largest absolute Gasteiger partial charge is 0.311 e.